The maximum Gasteiger partial charge on any atom is 0.410 e. The van der Waals surface area contributed by atoms with Crippen molar-refractivity contribution in [2.75, 3.05) is 50.8 Å². The summed E-state index contributed by atoms with van der Waals surface area (Å²) >= 11 is 0. The Bertz CT molecular complexity index is 1040. The maximum atomic E-state index is 12.1. The first kappa shape index (κ1) is 21.7. The van der Waals surface area contributed by atoms with E-state index in [4.69, 9.17) is 4.74 Å². The lowest BCUT2D eigenvalue weighted by atomic mass is 9.78. The molecule has 1 spiro atoms. The quantitative estimate of drug-likeness (QED) is 0.669. The summed E-state index contributed by atoms with van der Waals surface area (Å²) in [6.45, 7) is 7.51. The topological polar surface area (TPSA) is 74.7 Å². The van der Waals surface area contributed by atoms with Gasteiger partial charge in [-0.2, -0.15) is 0 Å². The molecule has 3 fully saturated rings. The number of nitrogens with zero attached hydrogens (tertiary/aromatic N) is 6. The molecule has 0 bridgehead atoms. The van der Waals surface area contributed by atoms with E-state index in [0.717, 1.165) is 56.3 Å². The van der Waals surface area contributed by atoms with Crippen LogP contribution in [0.4, 0.5) is 10.6 Å². The minimum atomic E-state index is -0.227. The van der Waals surface area contributed by atoms with Crippen LogP contribution in [0, 0.1) is 17.3 Å². The van der Waals surface area contributed by atoms with Crippen molar-refractivity contribution in [3.63, 3.8) is 0 Å². The minimum absolute atomic E-state index is 0.181. The second kappa shape index (κ2) is 9.36. The molecule has 2 saturated heterocycles. The highest BCUT2D eigenvalue weighted by Crippen LogP contribution is 2.47. The zero-order valence-electron chi connectivity index (χ0n) is 19.1. The number of hydrogen-bond acceptors (Lipinski definition) is 7. The number of pyridine rings is 1. The van der Waals surface area contributed by atoms with Crippen molar-refractivity contribution in [1.29, 1.82) is 0 Å². The normalized spacial score (nSPS) is 21.9. The van der Waals surface area contributed by atoms with Gasteiger partial charge in [-0.1, -0.05) is 5.92 Å². The molecule has 2 aromatic heterocycles. The van der Waals surface area contributed by atoms with Crippen LogP contribution in [0.1, 0.15) is 26.2 Å². The third kappa shape index (κ3) is 4.51. The standard InChI is InChI=1S/C25H30N6O2/c1-2-3-15-33-24(32)31-18-25(19-31)7-6-20(16-25)29-11-13-30(14-12-29)23-21(5-4-8-28-23)22-17-26-9-10-27-22/h4-5,8-10,17,20H,6-7,11-16,18-19H2,1H3. The first-order valence-electron chi connectivity index (χ1n) is 11.7. The molecule has 2 aromatic rings. The first-order chi connectivity index (χ1) is 16.2. The molecule has 0 aromatic carbocycles. The zero-order chi connectivity index (χ0) is 22.7. The summed E-state index contributed by atoms with van der Waals surface area (Å²) in [5.74, 6) is 6.52. The zero-order valence-corrected chi connectivity index (χ0v) is 19.1. The van der Waals surface area contributed by atoms with E-state index >= 15 is 0 Å². The Kier molecular flexibility index (Phi) is 6.14. The van der Waals surface area contributed by atoms with Crippen LogP contribution in [0.25, 0.3) is 11.3 Å². The van der Waals surface area contributed by atoms with Crippen molar-refractivity contribution in [3.05, 3.63) is 36.9 Å². The van der Waals surface area contributed by atoms with Gasteiger partial charge in [-0.3, -0.25) is 14.9 Å². The van der Waals surface area contributed by atoms with Gasteiger partial charge < -0.3 is 14.5 Å². The van der Waals surface area contributed by atoms with Gasteiger partial charge in [-0.05, 0) is 38.3 Å². The van der Waals surface area contributed by atoms with Crippen LogP contribution in [0.2, 0.25) is 0 Å². The van der Waals surface area contributed by atoms with Crippen molar-refractivity contribution in [2.24, 2.45) is 5.41 Å². The van der Waals surface area contributed by atoms with E-state index in [-0.39, 0.29) is 18.1 Å². The fraction of sp³-hybridized carbons (Fsp3) is 0.520. The van der Waals surface area contributed by atoms with Gasteiger partial charge in [0.15, 0.2) is 6.61 Å². The average molecular weight is 447 g/mol. The van der Waals surface area contributed by atoms with Crippen LogP contribution in [0.3, 0.4) is 0 Å². The molecule has 5 rings (SSSR count). The molecule has 33 heavy (non-hydrogen) atoms. The Morgan fingerprint density at radius 3 is 2.79 bits per heavy atom. The van der Waals surface area contributed by atoms with Gasteiger partial charge >= 0.3 is 6.09 Å². The van der Waals surface area contributed by atoms with E-state index in [1.165, 1.54) is 19.3 Å². The SMILES string of the molecule is CC#CCOC(=O)N1CC2(CCC(N3CCN(c4ncccc4-c4cnccn4)CC3)C2)C1. The van der Waals surface area contributed by atoms with Crippen LogP contribution in [-0.4, -0.2) is 82.8 Å². The van der Waals surface area contributed by atoms with Crippen molar-refractivity contribution < 1.29 is 9.53 Å². The minimum Gasteiger partial charge on any atom is -0.436 e. The largest absolute Gasteiger partial charge is 0.436 e. The third-order valence-corrected chi connectivity index (χ3v) is 7.19. The number of piperazine rings is 1. The number of rotatable bonds is 4. The summed E-state index contributed by atoms with van der Waals surface area (Å²) in [6, 6.07) is 4.62. The lowest BCUT2D eigenvalue weighted by Gasteiger charge is -2.48. The molecule has 8 nitrogen and oxygen atoms in total. The van der Waals surface area contributed by atoms with Gasteiger partial charge in [0.1, 0.15) is 5.82 Å². The Hall–Kier alpha value is -3.18. The molecule has 1 aliphatic carbocycles. The number of ether oxygens (including phenoxy) is 1. The summed E-state index contributed by atoms with van der Waals surface area (Å²) in [4.78, 5) is 32.3. The molecule has 1 atom stereocenters. The highest BCUT2D eigenvalue weighted by Gasteiger charge is 2.51. The average Bonchev–Trinajstić information content (AvgIpc) is 3.30. The fourth-order valence-corrected chi connectivity index (χ4v) is 5.52. The third-order valence-electron chi connectivity index (χ3n) is 7.19. The van der Waals surface area contributed by atoms with E-state index in [9.17, 15) is 4.79 Å². The molecule has 1 saturated carbocycles. The van der Waals surface area contributed by atoms with E-state index in [1.807, 2.05) is 17.2 Å². The summed E-state index contributed by atoms with van der Waals surface area (Å²) in [7, 11) is 0. The molecule has 3 aliphatic rings. The highest BCUT2D eigenvalue weighted by atomic mass is 16.6. The molecule has 172 valence electrons. The van der Waals surface area contributed by atoms with E-state index in [1.54, 1.807) is 25.5 Å². The van der Waals surface area contributed by atoms with Gasteiger partial charge in [0, 0.05) is 74.9 Å². The number of aromatic nitrogens is 3. The number of anilines is 1. The summed E-state index contributed by atoms with van der Waals surface area (Å²) in [5, 5.41) is 0. The smallest absolute Gasteiger partial charge is 0.410 e. The summed E-state index contributed by atoms with van der Waals surface area (Å²) in [5.41, 5.74) is 2.16. The molecule has 1 unspecified atom stereocenters. The van der Waals surface area contributed by atoms with Crippen LogP contribution in [0.5, 0.6) is 0 Å². The van der Waals surface area contributed by atoms with Crippen LogP contribution >= 0.6 is 0 Å². The van der Waals surface area contributed by atoms with Gasteiger partial charge in [0.05, 0.1) is 11.9 Å². The van der Waals surface area contributed by atoms with E-state index in [0.29, 0.717) is 6.04 Å². The van der Waals surface area contributed by atoms with Crippen LogP contribution in [-0.2, 0) is 4.74 Å². The van der Waals surface area contributed by atoms with Gasteiger partial charge in [-0.15, -0.1) is 5.92 Å². The van der Waals surface area contributed by atoms with E-state index < -0.39 is 0 Å². The molecule has 4 heterocycles. The molecule has 2 aliphatic heterocycles. The van der Waals surface area contributed by atoms with Crippen LogP contribution in [0.15, 0.2) is 36.9 Å². The predicted octanol–water partition coefficient (Wildman–Crippen LogP) is 2.68. The van der Waals surface area contributed by atoms with Crippen molar-refractivity contribution in [1.82, 2.24) is 24.8 Å². The monoisotopic (exact) mass is 446 g/mol. The molecular formula is C25H30N6O2. The Morgan fingerprint density at radius 2 is 2.03 bits per heavy atom. The van der Waals surface area contributed by atoms with E-state index in [2.05, 4.69) is 42.7 Å². The number of amides is 1. The summed E-state index contributed by atoms with van der Waals surface area (Å²) < 4.78 is 5.21. The maximum absolute atomic E-state index is 12.1. The molecule has 0 radical (unpaired) electrons. The second-order valence-corrected chi connectivity index (χ2v) is 9.22. The van der Waals surface area contributed by atoms with Crippen molar-refractivity contribution in [2.45, 2.75) is 32.2 Å². The predicted molar refractivity (Wildman–Crippen MR) is 125 cm³/mol. The molecule has 8 heteroatoms. The molecular weight excluding hydrogens is 416 g/mol. The van der Waals surface area contributed by atoms with Gasteiger partial charge in [-0.25, -0.2) is 9.78 Å². The number of carbonyl (C=O) groups excluding carboxylic acids is 1. The van der Waals surface area contributed by atoms with Gasteiger partial charge in [0.2, 0.25) is 0 Å². The van der Waals surface area contributed by atoms with Gasteiger partial charge in [0.25, 0.3) is 0 Å². The Morgan fingerprint density at radius 1 is 1.18 bits per heavy atom. The molecule has 1 amide bonds. The second-order valence-electron chi connectivity index (χ2n) is 9.22. The fourth-order valence-electron chi connectivity index (χ4n) is 5.52. The number of carbonyl (C=O) groups is 1. The van der Waals surface area contributed by atoms with Crippen molar-refractivity contribution >= 4 is 11.9 Å². The number of likely N-dealkylation sites (tertiary alicyclic amines) is 1. The Balaban J connectivity index is 1.14. The number of hydrogen-bond donors (Lipinski definition) is 0. The lowest BCUT2D eigenvalue weighted by Crippen LogP contribution is -2.58. The molecule has 0 N–H and O–H groups in total. The lowest BCUT2D eigenvalue weighted by molar-refractivity contribution is -0.000840. The first-order valence-corrected chi connectivity index (χ1v) is 11.7. The van der Waals surface area contributed by atoms with Crippen molar-refractivity contribution in [3.8, 4) is 23.1 Å². The van der Waals surface area contributed by atoms with Crippen LogP contribution < -0.4 is 4.90 Å². The Labute approximate surface area is 195 Å². The highest BCUT2D eigenvalue weighted by molar-refractivity contribution is 5.72. The summed E-state index contributed by atoms with van der Waals surface area (Å²) in [6.07, 6.45) is 10.4.